The molecule has 0 aromatic rings. The van der Waals surface area contributed by atoms with Crippen molar-refractivity contribution in [1.82, 2.24) is 5.32 Å². The maximum Gasteiger partial charge on any atom is 0.242 e. The number of carbonyl (C=O) groups excluding carboxylic acids is 1. The van der Waals surface area contributed by atoms with Crippen LogP contribution in [-0.2, 0) is 9.53 Å². The van der Waals surface area contributed by atoms with Gasteiger partial charge in [-0.15, -0.1) is 0 Å². The SMILES string of the molecule is [N-]=[N+]=N[C@]1(CO)O[C@@H](N/C=C\C(N)=O)[C@H](O)[C@@H]1F. The third-order valence-electron chi connectivity index (χ3n) is 2.32. The molecule has 9 nitrogen and oxygen atoms in total. The van der Waals surface area contributed by atoms with Gasteiger partial charge in [-0.3, -0.25) is 4.79 Å². The van der Waals surface area contributed by atoms with Crippen molar-refractivity contribution in [2.45, 2.75) is 24.2 Å². The van der Waals surface area contributed by atoms with Gasteiger partial charge in [0, 0.05) is 17.2 Å². The largest absolute Gasteiger partial charge is 0.393 e. The number of primary amides is 1. The van der Waals surface area contributed by atoms with Gasteiger partial charge in [-0.2, -0.15) is 0 Å². The minimum absolute atomic E-state index is 0.754. The first-order valence-corrected chi connectivity index (χ1v) is 4.86. The van der Waals surface area contributed by atoms with Crippen LogP contribution in [0.5, 0.6) is 0 Å². The van der Waals surface area contributed by atoms with Gasteiger partial charge in [-0.1, -0.05) is 5.11 Å². The van der Waals surface area contributed by atoms with E-state index in [4.69, 9.17) is 21.1 Å². The second kappa shape index (κ2) is 5.65. The van der Waals surface area contributed by atoms with Crippen LogP contribution < -0.4 is 11.1 Å². The highest BCUT2D eigenvalue weighted by atomic mass is 19.1. The zero-order valence-corrected chi connectivity index (χ0v) is 9.10. The van der Waals surface area contributed by atoms with Gasteiger partial charge in [0.1, 0.15) is 6.10 Å². The van der Waals surface area contributed by atoms with Gasteiger partial charge in [0.2, 0.25) is 11.6 Å². The summed E-state index contributed by atoms with van der Waals surface area (Å²) in [5.41, 5.74) is 10.9. The highest BCUT2D eigenvalue weighted by Gasteiger charge is 2.55. The molecule has 1 amide bonds. The minimum atomic E-state index is -2.19. The number of nitrogens with zero attached hydrogens (tertiary/aromatic N) is 3. The highest BCUT2D eigenvalue weighted by molar-refractivity contribution is 5.85. The highest BCUT2D eigenvalue weighted by Crippen LogP contribution is 2.33. The molecule has 0 radical (unpaired) electrons. The first-order valence-electron chi connectivity index (χ1n) is 4.86. The monoisotopic (exact) mass is 261 g/mol. The third kappa shape index (κ3) is 2.68. The Kier molecular flexibility index (Phi) is 4.45. The zero-order valence-electron chi connectivity index (χ0n) is 9.10. The van der Waals surface area contributed by atoms with E-state index < -0.39 is 36.7 Å². The Hall–Kier alpha value is -1.87. The molecule has 1 aliphatic heterocycles. The molecule has 4 atom stereocenters. The summed E-state index contributed by atoms with van der Waals surface area (Å²) in [4.78, 5) is 12.8. The van der Waals surface area contributed by atoms with Crippen LogP contribution in [-0.4, -0.2) is 47.0 Å². The molecule has 0 aliphatic carbocycles. The molecule has 0 unspecified atom stereocenters. The van der Waals surface area contributed by atoms with Crippen LogP contribution in [0.2, 0.25) is 0 Å². The molecule has 0 saturated carbocycles. The normalized spacial score (nSPS) is 35.4. The van der Waals surface area contributed by atoms with Crippen LogP contribution in [0, 0.1) is 0 Å². The summed E-state index contributed by atoms with van der Waals surface area (Å²) in [6.07, 6.45) is -3.10. The fourth-order valence-corrected chi connectivity index (χ4v) is 1.44. The van der Waals surface area contributed by atoms with E-state index in [1.54, 1.807) is 0 Å². The summed E-state index contributed by atoms with van der Waals surface area (Å²) in [6.45, 7) is -0.937. The van der Waals surface area contributed by atoms with E-state index in [2.05, 4.69) is 15.3 Å². The summed E-state index contributed by atoms with van der Waals surface area (Å²) in [7, 11) is 0. The van der Waals surface area contributed by atoms with Crippen LogP contribution in [0.3, 0.4) is 0 Å². The summed E-state index contributed by atoms with van der Waals surface area (Å²) in [5, 5.41) is 23.9. The topological polar surface area (TPSA) is 154 Å². The van der Waals surface area contributed by atoms with Gasteiger partial charge in [0.15, 0.2) is 12.4 Å². The van der Waals surface area contributed by atoms with Crippen LogP contribution in [0.25, 0.3) is 10.4 Å². The Morgan fingerprint density at radius 3 is 2.94 bits per heavy atom. The molecule has 1 saturated heterocycles. The average Bonchev–Trinajstić information content (AvgIpc) is 2.55. The quantitative estimate of drug-likeness (QED) is 0.208. The zero-order chi connectivity index (χ0) is 13.8. The van der Waals surface area contributed by atoms with E-state index in [1.807, 2.05) is 0 Å². The molecular formula is C8H12FN5O4. The van der Waals surface area contributed by atoms with Crippen molar-refractivity contribution in [1.29, 1.82) is 0 Å². The maximum absolute atomic E-state index is 13.7. The lowest BCUT2D eigenvalue weighted by molar-refractivity contribution is -0.113. The molecule has 0 bridgehead atoms. The second-order valence-corrected chi connectivity index (χ2v) is 3.53. The third-order valence-corrected chi connectivity index (χ3v) is 2.32. The molecule has 0 aromatic carbocycles. The first-order chi connectivity index (χ1) is 8.46. The molecule has 5 N–H and O–H groups in total. The number of aliphatic hydroxyl groups is 2. The Balaban J connectivity index is 2.80. The number of nitrogens with one attached hydrogen (secondary N) is 1. The summed E-state index contributed by atoms with van der Waals surface area (Å²) >= 11 is 0. The molecule has 100 valence electrons. The maximum atomic E-state index is 13.7. The summed E-state index contributed by atoms with van der Waals surface area (Å²) < 4.78 is 18.6. The van der Waals surface area contributed by atoms with E-state index in [-0.39, 0.29) is 0 Å². The van der Waals surface area contributed by atoms with E-state index in [1.165, 1.54) is 0 Å². The number of amides is 1. The van der Waals surface area contributed by atoms with Gasteiger partial charge in [-0.25, -0.2) is 4.39 Å². The molecule has 1 heterocycles. The lowest BCUT2D eigenvalue weighted by Gasteiger charge is -2.22. The van der Waals surface area contributed by atoms with Gasteiger partial charge in [0.05, 0.1) is 6.61 Å². The second-order valence-electron chi connectivity index (χ2n) is 3.53. The number of hydrogen-bond donors (Lipinski definition) is 4. The van der Waals surface area contributed by atoms with Gasteiger partial charge in [0.25, 0.3) is 0 Å². The van der Waals surface area contributed by atoms with Crippen LogP contribution in [0.15, 0.2) is 17.4 Å². The number of hydrogen-bond acceptors (Lipinski definition) is 6. The van der Waals surface area contributed by atoms with E-state index in [9.17, 15) is 14.3 Å². The summed E-state index contributed by atoms with van der Waals surface area (Å²) in [5.74, 6) is -0.754. The van der Waals surface area contributed by atoms with Gasteiger partial charge in [-0.05, 0) is 5.53 Å². The lowest BCUT2D eigenvalue weighted by Crippen LogP contribution is -2.41. The number of azide groups is 1. The van der Waals surface area contributed by atoms with Crippen molar-refractivity contribution >= 4 is 5.91 Å². The van der Waals surface area contributed by atoms with Crippen LogP contribution in [0.1, 0.15) is 0 Å². The van der Waals surface area contributed by atoms with E-state index in [0.29, 0.717) is 0 Å². The van der Waals surface area contributed by atoms with E-state index >= 15 is 0 Å². The summed E-state index contributed by atoms with van der Waals surface area (Å²) in [6, 6.07) is 0. The molecule has 0 spiro atoms. The standard InChI is InChI=1S/C8H12FN5O4/c9-6-5(17)7(12-2-1-4(10)16)18-8(6,3-15)13-14-11/h1-2,5-7,12,15,17H,3H2,(H2,10,16)/b2-1-/t5-,6+,7-,8-/m1/s1. The number of halogens is 1. The van der Waals surface area contributed by atoms with Crippen molar-refractivity contribution in [2.24, 2.45) is 10.8 Å². The Morgan fingerprint density at radius 2 is 2.44 bits per heavy atom. The van der Waals surface area contributed by atoms with Crippen molar-refractivity contribution in [3.8, 4) is 0 Å². The molecular weight excluding hydrogens is 249 g/mol. The number of rotatable bonds is 5. The predicted molar refractivity (Wildman–Crippen MR) is 56.2 cm³/mol. The van der Waals surface area contributed by atoms with Crippen molar-refractivity contribution in [3.05, 3.63) is 22.7 Å². The molecule has 1 fully saturated rings. The Morgan fingerprint density at radius 1 is 1.78 bits per heavy atom. The fourth-order valence-electron chi connectivity index (χ4n) is 1.44. The number of carbonyl (C=O) groups is 1. The molecule has 10 heteroatoms. The Bertz CT molecular complexity index is 399. The number of aliphatic hydroxyl groups excluding tert-OH is 2. The van der Waals surface area contributed by atoms with E-state index in [0.717, 1.165) is 12.3 Å². The smallest absolute Gasteiger partial charge is 0.242 e. The van der Waals surface area contributed by atoms with Crippen molar-refractivity contribution in [3.63, 3.8) is 0 Å². The number of alkyl halides is 1. The van der Waals surface area contributed by atoms with Gasteiger partial charge >= 0.3 is 0 Å². The number of ether oxygens (including phenoxy) is 1. The van der Waals surface area contributed by atoms with Crippen molar-refractivity contribution < 1.29 is 24.1 Å². The van der Waals surface area contributed by atoms with Crippen LogP contribution in [0.4, 0.5) is 4.39 Å². The predicted octanol–water partition coefficient (Wildman–Crippen LogP) is -1.37. The Labute approximate surface area is 101 Å². The van der Waals surface area contributed by atoms with Crippen molar-refractivity contribution in [2.75, 3.05) is 6.61 Å². The first kappa shape index (κ1) is 14.2. The fraction of sp³-hybridized carbons (Fsp3) is 0.625. The molecule has 18 heavy (non-hydrogen) atoms. The lowest BCUT2D eigenvalue weighted by atomic mass is 10.1. The van der Waals surface area contributed by atoms with Crippen LogP contribution >= 0.6 is 0 Å². The number of nitrogens with two attached hydrogens (primary N) is 1. The average molecular weight is 261 g/mol. The molecule has 1 aliphatic rings. The molecule has 0 aromatic heterocycles. The molecule has 1 rings (SSSR count). The van der Waals surface area contributed by atoms with Gasteiger partial charge < -0.3 is 26.0 Å². The minimum Gasteiger partial charge on any atom is -0.393 e.